The highest BCUT2D eigenvalue weighted by Crippen LogP contribution is 2.00. The van der Waals surface area contributed by atoms with Gasteiger partial charge in [-0.3, -0.25) is 28.8 Å². The molecule has 3 N–H and O–H groups in total. The average Bonchev–Trinajstić information content (AvgIpc) is 3.03. The molecule has 16 heteroatoms. The van der Waals surface area contributed by atoms with E-state index in [4.69, 9.17) is 0 Å². The van der Waals surface area contributed by atoms with Crippen molar-refractivity contribution in [3.8, 4) is 0 Å². The summed E-state index contributed by atoms with van der Waals surface area (Å²) in [5.41, 5.74) is 0. The van der Waals surface area contributed by atoms with Gasteiger partial charge in [0, 0.05) is 84.8 Å². The van der Waals surface area contributed by atoms with Gasteiger partial charge < -0.3 is 49.4 Å². The Labute approximate surface area is 259 Å². The van der Waals surface area contributed by atoms with Crippen LogP contribution in [0.15, 0.2) is 0 Å². The van der Waals surface area contributed by atoms with Crippen molar-refractivity contribution in [3.05, 3.63) is 0 Å². The fraction of sp³-hybridized carbons (Fsp3) is 0.786. The molecule has 0 heterocycles. The second kappa shape index (κ2) is 26.1. The van der Waals surface area contributed by atoms with Crippen LogP contribution in [0.3, 0.4) is 0 Å². The Balaban J connectivity index is 4.56. The van der Waals surface area contributed by atoms with Crippen molar-refractivity contribution in [2.24, 2.45) is 0 Å². The SMILES string of the molecule is COC(=O)CCN(CCNC(=O)CCN(CCO)CCC(=O)NCCN(CCC(=O)OC)CCC(=O)OC)CCC(=O)OC. The zero-order valence-electron chi connectivity index (χ0n) is 26.6. The van der Waals surface area contributed by atoms with Crippen LogP contribution in [0.25, 0.3) is 0 Å². The van der Waals surface area contributed by atoms with Crippen LogP contribution in [-0.2, 0) is 47.7 Å². The fourth-order valence-corrected chi connectivity index (χ4v) is 3.96. The third kappa shape index (κ3) is 22.2. The number of methoxy groups -OCH3 is 4. The van der Waals surface area contributed by atoms with Gasteiger partial charge in [-0.05, 0) is 0 Å². The van der Waals surface area contributed by atoms with Crippen molar-refractivity contribution in [1.82, 2.24) is 25.3 Å². The van der Waals surface area contributed by atoms with Crippen LogP contribution in [0.2, 0.25) is 0 Å². The summed E-state index contributed by atoms with van der Waals surface area (Å²) >= 11 is 0. The zero-order chi connectivity index (χ0) is 33.2. The molecule has 2 amide bonds. The number of nitrogens with one attached hydrogen (secondary N) is 2. The van der Waals surface area contributed by atoms with Gasteiger partial charge in [0.1, 0.15) is 0 Å². The van der Waals surface area contributed by atoms with Gasteiger partial charge in [0.15, 0.2) is 0 Å². The van der Waals surface area contributed by atoms with Crippen LogP contribution >= 0.6 is 0 Å². The van der Waals surface area contributed by atoms with Gasteiger partial charge >= 0.3 is 23.9 Å². The van der Waals surface area contributed by atoms with Gasteiger partial charge in [-0.15, -0.1) is 0 Å². The van der Waals surface area contributed by atoms with Crippen molar-refractivity contribution in [3.63, 3.8) is 0 Å². The first kappa shape index (κ1) is 40.7. The van der Waals surface area contributed by atoms with E-state index in [-0.39, 0.29) is 80.8 Å². The lowest BCUT2D eigenvalue weighted by atomic mass is 10.3. The van der Waals surface area contributed by atoms with Gasteiger partial charge in [0.2, 0.25) is 11.8 Å². The third-order valence-corrected chi connectivity index (χ3v) is 6.67. The molecule has 0 aromatic heterocycles. The van der Waals surface area contributed by atoms with Crippen LogP contribution < -0.4 is 10.6 Å². The Hall–Kier alpha value is -3.34. The van der Waals surface area contributed by atoms with E-state index in [1.165, 1.54) is 28.4 Å². The quantitative estimate of drug-likeness (QED) is 0.0710. The lowest BCUT2D eigenvalue weighted by Crippen LogP contribution is -2.40. The molecule has 0 saturated heterocycles. The molecule has 0 saturated carbocycles. The molecule has 0 aliphatic carbocycles. The van der Waals surface area contributed by atoms with Gasteiger partial charge in [0.05, 0.1) is 60.7 Å². The molecular formula is C28H51N5O11. The van der Waals surface area contributed by atoms with Crippen molar-refractivity contribution in [1.29, 1.82) is 0 Å². The normalized spacial score (nSPS) is 10.9. The summed E-state index contributed by atoms with van der Waals surface area (Å²) in [6.45, 7) is 3.75. The minimum absolute atomic E-state index is 0.131. The van der Waals surface area contributed by atoms with Crippen molar-refractivity contribution >= 4 is 35.7 Å². The molecule has 0 aliphatic heterocycles. The maximum absolute atomic E-state index is 12.4. The predicted molar refractivity (Wildman–Crippen MR) is 158 cm³/mol. The molecule has 0 rings (SSSR count). The summed E-state index contributed by atoms with van der Waals surface area (Å²) in [5, 5.41) is 15.0. The van der Waals surface area contributed by atoms with Crippen molar-refractivity contribution in [2.45, 2.75) is 38.5 Å². The molecule has 0 radical (unpaired) electrons. The number of aliphatic hydroxyl groups is 1. The Bertz CT molecular complexity index is 769. The number of esters is 4. The number of rotatable bonds is 26. The Morgan fingerprint density at radius 2 is 0.727 bits per heavy atom. The number of carbonyl (C=O) groups excluding carboxylic acids is 6. The van der Waals surface area contributed by atoms with Gasteiger partial charge in [-0.1, -0.05) is 0 Å². The van der Waals surface area contributed by atoms with Gasteiger partial charge in [-0.25, -0.2) is 0 Å². The third-order valence-electron chi connectivity index (χ3n) is 6.67. The van der Waals surface area contributed by atoms with E-state index >= 15 is 0 Å². The van der Waals surface area contributed by atoms with E-state index in [0.717, 1.165) is 0 Å². The van der Waals surface area contributed by atoms with Crippen LogP contribution in [0.1, 0.15) is 38.5 Å². The minimum atomic E-state index is -0.372. The van der Waals surface area contributed by atoms with Crippen LogP contribution in [-0.4, -0.2) is 163 Å². The van der Waals surface area contributed by atoms with E-state index < -0.39 is 0 Å². The molecular weight excluding hydrogens is 582 g/mol. The van der Waals surface area contributed by atoms with Crippen LogP contribution in [0.4, 0.5) is 0 Å². The lowest BCUT2D eigenvalue weighted by molar-refractivity contribution is -0.142. The fourth-order valence-electron chi connectivity index (χ4n) is 3.96. The maximum Gasteiger partial charge on any atom is 0.306 e. The summed E-state index contributed by atoms with van der Waals surface area (Å²) in [5.74, 6) is -1.91. The second-order valence-electron chi connectivity index (χ2n) is 9.75. The first-order chi connectivity index (χ1) is 21.1. The van der Waals surface area contributed by atoms with Crippen LogP contribution in [0, 0.1) is 0 Å². The smallest absolute Gasteiger partial charge is 0.306 e. The highest BCUT2D eigenvalue weighted by Gasteiger charge is 2.15. The number of nitrogens with zero attached hydrogens (tertiary/aromatic N) is 3. The molecule has 0 aromatic carbocycles. The topological polar surface area (TPSA) is 193 Å². The number of amides is 2. The van der Waals surface area contributed by atoms with E-state index in [1.54, 1.807) is 0 Å². The number of aliphatic hydroxyl groups excluding tert-OH is 1. The molecule has 0 aromatic rings. The molecule has 0 fully saturated rings. The average molecular weight is 634 g/mol. The summed E-state index contributed by atoms with van der Waals surface area (Å²) in [4.78, 5) is 76.3. The molecule has 0 bridgehead atoms. The molecule has 16 nitrogen and oxygen atoms in total. The summed E-state index contributed by atoms with van der Waals surface area (Å²) in [6, 6.07) is 0. The van der Waals surface area contributed by atoms with Gasteiger partial charge in [-0.2, -0.15) is 0 Å². The Kier molecular flexibility index (Phi) is 24.1. The molecule has 254 valence electrons. The lowest BCUT2D eigenvalue weighted by Gasteiger charge is -2.23. The first-order valence-corrected chi connectivity index (χ1v) is 14.7. The van der Waals surface area contributed by atoms with Gasteiger partial charge in [0.25, 0.3) is 0 Å². The number of hydrogen-bond donors (Lipinski definition) is 3. The zero-order valence-corrected chi connectivity index (χ0v) is 26.6. The molecule has 0 aliphatic rings. The van der Waals surface area contributed by atoms with E-state index in [1.807, 2.05) is 14.7 Å². The molecule has 0 atom stereocenters. The number of carbonyl (C=O) groups is 6. The molecule has 44 heavy (non-hydrogen) atoms. The standard InChI is InChI=1S/C28H51N5O11/c1-41-25(37)7-15-31(16-8-26(38)42-2)19-11-29-23(35)5-13-33(21-22-34)14-6-24(36)30-12-20-32(17-9-27(39)43-3)18-10-28(40)44-4/h34H,5-22H2,1-4H3,(H,29,35)(H,30,36). The van der Waals surface area contributed by atoms with Crippen molar-refractivity contribution in [2.75, 3.05) is 107 Å². The first-order valence-electron chi connectivity index (χ1n) is 14.7. The van der Waals surface area contributed by atoms with E-state index in [2.05, 4.69) is 29.6 Å². The van der Waals surface area contributed by atoms with Crippen molar-refractivity contribution < 1.29 is 52.8 Å². The van der Waals surface area contributed by atoms with Crippen LogP contribution in [0.5, 0.6) is 0 Å². The molecule has 0 spiro atoms. The minimum Gasteiger partial charge on any atom is -0.469 e. The maximum atomic E-state index is 12.4. The molecule has 0 unspecified atom stereocenters. The predicted octanol–water partition coefficient (Wildman–Crippen LogP) is -1.85. The second-order valence-corrected chi connectivity index (χ2v) is 9.75. The summed E-state index contributed by atoms with van der Waals surface area (Å²) < 4.78 is 18.6. The largest absolute Gasteiger partial charge is 0.469 e. The van der Waals surface area contributed by atoms with E-state index in [0.29, 0.717) is 72.0 Å². The Morgan fingerprint density at radius 3 is 1.00 bits per heavy atom. The summed E-state index contributed by atoms with van der Waals surface area (Å²) in [7, 11) is 5.21. The number of ether oxygens (including phenoxy) is 4. The number of hydrogen-bond acceptors (Lipinski definition) is 14. The Morgan fingerprint density at radius 1 is 0.455 bits per heavy atom. The van der Waals surface area contributed by atoms with E-state index in [9.17, 15) is 33.9 Å². The highest BCUT2D eigenvalue weighted by molar-refractivity contribution is 5.76. The summed E-state index contributed by atoms with van der Waals surface area (Å²) in [6.07, 6.45) is 0.913. The highest BCUT2D eigenvalue weighted by atomic mass is 16.5. The monoisotopic (exact) mass is 633 g/mol.